The van der Waals surface area contributed by atoms with E-state index in [1.54, 1.807) is 26.3 Å². The molecule has 0 bridgehead atoms. The minimum Gasteiger partial charge on any atom is -0.497 e. The van der Waals surface area contributed by atoms with Crippen LogP contribution in [0.4, 0.5) is 5.88 Å². The number of aromatic nitrogens is 3. The number of hydrogen-bond acceptors (Lipinski definition) is 6. The number of amides is 1. The number of thioether (sulfide) groups is 1. The summed E-state index contributed by atoms with van der Waals surface area (Å²) < 4.78 is 12.2. The molecule has 2 heterocycles. The number of anilines is 1. The minimum absolute atomic E-state index is 0.179. The van der Waals surface area contributed by atoms with Crippen molar-refractivity contribution in [1.29, 1.82) is 0 Å². The van der Waals surface area contributed by atoms with Gasteiger partial charge >= 0.3 is 0 Å². The van der Waals surface area contributed by atoms with Crippen molar-refractivity contribution in [3.63, 3.8) is 0 Å². The van der Waals surface area contributed by atoms with Crippen LogP contribution >= 0.6 is 11.8 Å². The number of nitrogens with one attached hydrogen (secondary N) is 1. The summed E-state index contributed by atoms with van der Waals surface area (Å²) in [5.74, 6) is 0.918. The monoisotopic (exact) mass is 358 g/mol. The first-order valence-electron chi connectivity index (χ1n) is 7.65. The number of nitrogens with zero attached hydrogens (tertiary/aromatic N) is 3. The molecule has 0 saturated heterocycles. The van der Waals surface area contributed by atoms with Gasteiger partial charge < -0.3 is 9.26 Å². The molecule has 25 heavy (non-hydrogen) atoms. The van der Waals surface area contributed by atoms with Crippen molar-refractivity contribution in [1.82, 2.24) is 14.7 Å². The zero-order valence-electron chi connectivity index (χ0n) is 14.1. The highest BCUT2D eigenvalue weighted by Gasteiger charge is 2.19. The molecular weight excluding hydrogens is 340 g/mol. The maximum Gasteiger partial charge on any atom is 0.240 e. The highest BCUT2D eigenvalue weighted by atomic mass is 32.2. The molecule has 0 aliphatic carbocycles. The Labute approximate surface area is 149 Å². The summed E-state index contributed by atoms with van der Waals surface area (Å²) in [5.41, 5.74) is 1.63. The summed E-state index contributed by atoms with van der Waals surface area (Å²) in [5, 5.41) is 6.81. The Morgan fingerprint density at radius 2 is 2.24 bits per heavy atom. The van der Waals surface area contributed by atoms with Crippen molar-refractivity contribution in [3.8, 4) is 11.4 Å². The minimum atomic E-state index is -0.364. The van der Waals surface area contributed by atoms with Gasteiger partial charge in [0.25, 0.3) is 0 Å². The summed E-state index contributed by atoms with van der Waals surface area (Å²) in [6, 6.07) is 9.32. The fourth-order valence-electron chi connectivity index (χ4n) is 2.19. The zero-order valence-corrected chi connectivity index (χ0v) is 14.9. The second kappa shape index (κ2) is 7.43. The Morgan fingerprint density at radius 1 is 1.40 bits per heavy atom. The number of carbonyl (C=O) groups excluding carboxylic acids is 1. The average Bonchev–Trinajstić information content (AvgIpc) is 3.23. The number of rotatable bonds is 6. The Hall–Kier alpha value is -2.74. The Kier molecular flexibility index (Phi) is 5.08. The lowest BCUT2D eigenvalue weighted by Gasteiger charge is -2.12. The van der Waals surface area contributed by atoms with Crippen LogP contribution in [-0.4, -0.2) is 33.0 Å². The molecule has 0 aliphatic heterocycles. The zero-order chi connectivity index (χ0) is 17.8. The largest absolute Gasteiger partial charge is 0.497 e. The third kappa shape index (κ3) is 4.03. The maximum atomic E-state index is 12.3. The van der Waals surface area contributed by atoms with Crippen LogP contribution in [0.3, 0.4) is 0 Å². The molecule has 0 fully saturated rings. The molecule has 8 heteroatoms. The van der Waals surface area contributed by atoms with E-state index in [9.17, 15) is 4.79 Å². The number of imidazole rings is 1. The van der Waals surface area contributed by atoms with Crippen LogP contribution in [0, 0.1) is 6.92 Å². The molecule has 1 amide bonds. The summed E-state index contributed by atoms with van der Waals surface area (Å²) in [6.45, 7) is 3.61. The summed E-state index contributed by atoms with van der Waals surface area (Å²) in [6.07, 6.45) is 3.55. The van der Waals surface area contributed by atoms with Crippen molar-refractivity contribution >= 4 is 23.6 Å². The first kappa shape index (κ1) is 17.1. The molecule has 3 aromatic rings. The fourth-order valence-corrected chi connectivity index (χ4v) is 3.07. The van der Waals surface area contributed by atoms with Gasteiger partial charge in [0.15, 0.2) is 5.16 Å². The molecule has 0 aliphatic rings. The Morgan fingerprint density at radius 3 is 2.96 bits per heavy atom. The number of benzene rings is 1. The van der Waals surface area contributed by atoms with Crippen LogP contribution in [0.15, 0.2) is 52.4 Å². The number of hydrogen-bond donors (Lipinski definition) is 1. The number of aryl methyl sites for hydroxylation is 1. The van der Waals surface area contributed by atoms with Crippen molar-refractivity contribution in [2.75, 3.05) is 12.4 Å². The van der Waals surface area contributed by atoms with Crippen molar-refractivity contribution in [3.05, 3.63) is 48.4 Å². The van der Waals surface area contributed by atoms with Gasteiger partial charge in [-0.25, -0.2) is 4.98 Å². The fraction of sp³-hybridized carbons (Fsp3) is 0.235. The second-order valence-electron chi connectivity index (χ2n) is 5.36. The quantitative estimate of drug-likeness (QED) is 0.681. The van der Waals surface area contributed by atoms with Gasteiger partial charge in [-0.15, -0.1) is 0 Å². The first-order chi connectivity index (χ1) is 12.1. The van der Waals surface area contributed by atoms with E-state index in [1.165, 1.54) is 11.8 Å². The molecule has 7 nitrogen and oxygen atoms in total. The molecule has 130 valence electrons. The van der Waals surface area contributed by atoms with Crippen molar-refractivity contribution in [2.24, 2.45) is 0 Å². The topological polar surface area (TPSA) is 82.2 Å². The number of carbonyl (C=O) groups is 1. The van der Waals surface area contributed by atoms with Crippen LogP contribution in [0.1, 0.15) is 12.6 Å². The van der Waals surface area contributed by atoms with E-state index in [4.69, 9.17) is 9.26 Å². The molecule has 1 unspecified atom stereocenters. The summed E-state index contributed by atoms with van der Waals surface area (Å²) in [7, 11) is 1.63. The van der Waals surface area contributed by atoms with Gasteiger partial charge in [0.1, 0.15) is 5.75 Å². The first-order valence-corrected chi connectivity index (χ1v) is 8.53. The molecule has 1 N–H and O–H groups in total. The normalized spacial score (nSPS) is 12.0. The second-order valence-corrected chi connectivity index (χ2v) is 6.67. The van der Waals surface area contributed by atoms with Gasteiger partial charge in [0, 0.05) is 24.5 Å². The maximum absolute atomic E-state index is 12.3. The lowest BCUT2D eigenvalue weighted by molar-refractivity contribution is -0.115. The highest BCUT2D eigenvalue weighted by molar-refractivity contribution is 8.00. The van der Waals surface area contributed by atoms with Crippen LogP contribution < -0.4 is 10.1 Å². The van der Waals surface area contributed by atoms with E-state index >= 15 is 0 Å². The van der Waals surface area contributed by atoms with E-state index in [2.05, 4.69) is 15.5 Å². The van der Waals surface area contributed by atoms with E-state index in [1.807, 2.05) is 42.0 Å². The Bertz CT molecular complexity index is 874. The molecule has 0 radical (unpaired) electrons. The molecule has 1 atom stereocenters. The molecule has 2 aromatic heterocycles. The van der Waals surface area contributed by atoms with Crippen LogP contribution in [-0.2, 0) is 4.79 Å². The van der Waals surface area contributed by atoms with E-state index < -0.39 is 0 Å². The smallest absolute Gasteiger partial charge is 0.240 e. The van der Waals surface area contributed by atoms with Gasteiger partial charge in [-0.3, -0.25) is 14.7 Å². The molecule has 0 saturated carbocycles. The van der Waals surface area contributed by atoms with E-state index in [0.29, 0.717) is 16.7 Å². The lowest BCUT2D eigenvalue weighted by atomic mass is 10.3. The van der Waals surface area contributed by atoms with Crippen molar-refractivity contribution in [2.45, 2.75) is 24.3 Å². The predicted molar refractivity (Wildman–Crippen MR) is 95.3 cm³/mol. The number of methoxy groups -OCH3 is 1. The molecular formula is C17H18N4O3S. The highest BCUT2D eigenvalue weighted by Crippen LogP contribution is 2.26. The van der Waals surface area contributed by atoms with Gasteiger partial charge in [-0.05, 0) is 26.0 Å². The SMILES string of the molecule is COc1cccc(-n2ccnc2SC(C)C(=O)Nc2cc(C)no2)c1. The van der Waals surface area contributed by atoms with E-state index in [-0.39, 0.29) is 11.2 Å². The third-order valence-electron chi connectivity index (χ3n) is 3.46. The predicted octanol–water partition coefficient (Wildman–Crippen LogP) is 3.30. The van der Waals surface area contributed by atoms with E-state index in [0.717, 1.165) is 11.4 Å². The number of ether oxygens (including phenoxy) is 1. The van der Waals surface area contributed by atoms with Gasteiger partial charge in [-0.2, -0.15) is 0 Å². The standard InChI is InChI=1S/C17H18N4O3S/c1-11-9-15(24-20-11)19-16(22)12(2)25-17-18-7-8-21(17)13-5-4-6-14(10-13)23-3/h4-10,12H,1-3H3,(H,19,22). The molecule has 0 spiro atoms. The third-order valence-corrected chi connectivity index (χ3v) is 4.54. The Balaban J connectivity index is 1.72. The van der Waals surface area contributed by atoms with Gasteiger partial charge in [-0.1, -0.05) is 23.0 Å². The van der Waals surface area contributed by atoms with Crippen LogP contribution in [0.2, 0.25) is 0 Å². The lowest BCUT2D eigenvalue weighted by Crippen LogP contribution is -2.22. The van der Waals surface area contributed by atoms with Crippen LogP contribution in [0.25, 0.3) is 5.69 Å². The molecule has 1 aromatic carbocycles. The molecule has 3 rings (SSSR count). The summed E-state index contributed by atoms with van der Waals surface area (Å²) in [4.78, 5) is 16.7. The van der Waals surface area contributed by atoms with Gasteiger partial charge in [0.05, 0.1) is 23.7 Å². The van der Waals surface area contributed by atoms with Gasteiger partial charge in [0.2, 0.25) is 11.8 Å². The summed E-state index contributed by atoms with van der Waals surface area (Å²) >= 11 is 1.36. The van der Waals surface area contributed by atoms with Crippen molar-refractivity contribution < 1.29 is 14.1 Å². The van der Waals surface area contributed by atoms with Crippen LogP contribution in [0.5, 0.6) is 5.75 Å². The average molecular weight is 358 g/mol.